The summed E-state index contributed by atoms with van der Waals surface area (Å²) < 4.78 is 0. The van der Waals surface area contributed by atoms with Gasteiger partial charge in [0, 0.05) is 37.1 Å². The summed E-state index contributed by atoms with van der Waals surface area (Å²) in [4.78, 5) is 13.4. The van der Waals surface area contributed by atoms with E-state index in [0.29, 0.717) is 5.92 Å². The number of nitrogens with one attached hydrogen (secondary N) is 1. The van der Waals surface area contributed by atoms with Crippen molar-refractivity contribution >= 4 is 5.82 Å². The van der Waals surface area contributed by atoms with Crippen molar-refractivity contribution in [3.63, 3.8) is 0 Å². The number of pyridine rings is 1. The summed E-state index contributed by atoms with van der Waals surface area (Å²) in [5.74, 6) is 2.40. The monoisotopic (exact) mass is 284 g/mol. The molecule has 0 fully saturated rings. The van der Waals surface area contributed by atoms with Crippen LogP contribution >= 0.6 is 0 Å². The number of hydrogen-bond acceptors (Lipinski definition) is 4. The summed E-state index contributed by atoms with van der Waals surface area (Å²) in [6.07, 6.45) is 6.43. The minimum atomic E-state index is 0.590. The predicted octanol–water partition coefficient (Wildman–Crippen LogP) is 3.48. The van der Waals surface area contributed by atoms with Crippen molar-refractivity contribution in [2.45, 2.75) is 40.0 Å². The Balaban J connectivity index is 2.21. The molecule has 0 spiro atoms. The Hall–Kier alpha value is -1.97. The highest BCUT2D eigenvalue weighted by Crippen LogP contribution is 2.13. The van der Waals surface area contributed by atoms with Crippen molar-refractivity contribution in [3.05, 3.63) is 47.7 Å². The maximum absolute atomic E-state index is 4.71. The molecule has 0 atom stereocenters. The summed E-state index contributed by atoms with van der Waals surface area (Å²) in [5, 5.41) is 3.37. The maximum Gasteiger partial charge on any atom is 0.135 e. The van der Waals surface area contributed by atoms with Crippen LogP contribution in [0.5, 0.6) is 0 Å². The van der Waals surface area contributed by atoms with E-state index in [1.54, 1.807) is 0 Å². The number of hydrogen-bond donors (Lipinski definition) is 1. The molecule has 0 radical (unpaired) electrons. The third-order valence-electron chi connectivity index (χ3n) is 3.11. The fraction of sp³-hybridized carbons (Fsp3) is 0.471. The molecule has 0 amide bonds. The second-order valence-electron chi connectivity index (χ2n) is 5.72. The lowest BCUT2D eigenvalue weighted by Crippen LogP contribution is -2.09. The van der Waals surface area contributed by atoms with Crippen molar-refractivity contribution in [3.8, 4) is 0 Å². The molecule has 0 saturated heterocycles. The lowest BCUT2D eigenvalue weighted by atomic mass is 10.1. The molecule has 0 unspecified atom stereocenters. The second kappa shape index (κ2) is 7.72. The van der Waals surface area contributed by atoms with Crippen LogP contribution in [0.2, 0.25) is 0 Å². The van der Waals surface area contributed by atoms with Gasteiger partial charge in [0.05, 0.1) is 0 Å². The molecule has 2 rings (SSSR count). The fourth-order valence-corrected chi connectivity index (χ4v) is 2.18. The number of nitrogens with zero attached hydrogens (tertiary/aromatic N) is 3. The molecule has 4 nitrogen and oxygen atoms in total. The summed E-state index contributed by atoms with van der Waals surface area (Å²) >= 11 is 0. The Morgan fingerprint density at radius 3 is 2.57 bits per heavy atom. The minimum absolute atomic E-state index is 0.590. The molecule has 112 valence electrons. The van der Waals surface area contributed by atoms with Crippen LogP contribution in [0.25, 0.3) is 0 Å². The first-order chi connectivity index (χ1) is 10.2. The van der Waals surface area contributed by atoms with Crippen LogP contribution in [0.15, 0.2) is 30.6 Å². The molecule has 2 aromatic rings. The molecule has 0 aliphatic rings. The molecule has 4 heteroatoms. The summed E-state index contributed by atoms with van der Waals surface area (Å²) in [6, 6.07) is 6.10. The van der Waals surface area contributed by atoms with Gasteiger partial charge < -0.3 is 5.32 Å². The van der Waals surface area contributed by atoms with Crippen molar-refractivity contribution in [1.82, 2.24) is 15.0 Å². The average molecular weight is 284 g/mol. The van der Waals surface area contributed by atoms with E-state index in [0.717, 1.165) is 43.1 Å². The first-order valence-corrected chi connectivity index (χ1v) is 7.67. The first-order valence-electron chi connectivity index (χ1n) is 7.67. The van der Waals surface area contributed by atoms with Gasteiger partial charge in [-0.1, -0.05) is 20.8 Å². The van der Waals surface area contributed by atoms with Gasteiger partial charge in [0.1, 0.15) is 11.6 Å². The van der Waals surface area contributed by atoms with Gasteiger partial charge in [-0.05, 0) is 36.5 Å². The Bertz CT molecular complexity index is 552. The average Bonchev–Trinajstić information content (AvgIpc) is 2.45. The highest BCUT2D eigenvalue weighted by Gasteiger charge is 2.07. The van der Waals surface area contributed by atoms with Gasteiger partial charge in [-0.25, -0.2) is 9.97 Å². The van der Waals surface area contributed by atoms with Crippen LogP contribution in [-0.2, 0) is 12.8 Å². The van der Waals surface area contributed by atoms with Crippen LogP contribution < -0.4 is 5.32 Å². The first kappa shape index (κ1) is 15.4. The van der Waals surface area contributed by atoms with Crippen molar-refractivity contribution in [2.75, 3.05) is 11.9 Å². The summed E-state index contributed by atoms with van der Waals surface area (Å²) in [5.41, 5.74) is 2.30. The Morgan fingerprint density at radius 1 is 1.14 bits per heavy atom. The largest absolute Gasteiger partial charge is 0.370 e. The van der Waals surface area contributed by atoms with E-state index in [1.165, 1.54) is 5.56 Å². The standard InChI is InChI=1S/C17H24N4/c1-4-7-19-16-12-15(10-13(2)3)20-17(21-16)11-14-5-8-18-9-6-14/h5-6,8-9,12-13H,4,7,10-11H2,1-3H3,(H,19,20,21). The Labute approximate surface area is 127 Å². The summed E-state index contributed by atoms with van der Waals surface area (Å²) in [6.45, 7) is 7.52. The van der Waals surface area contributed by atoms with E-state index in [4.69, 9.17) is 4.98 Å². The Kier molecular flexibility index (Phi) is 5.67. The lowest BCUT2D eigenvalue weighted by Gasteiger charge is -2.11. The quantitative estimate of drug-likeness (QED) is 0.845. The smallest absolute Gasteiger partial charge is 0.135 e. The highest BCUT2D eigenvalue weighted by molar-refractivity contribution is 5.37. The number of anilines is 1. The normalized spacial score (nSPS) is 10.9. The van der Waals surface area contributed by atoms with Crippen molar-refractivity contribution in [1.29, 1.82) is 0 Å². The zero-order chi connectivity index (χ0) is 15.1. The third-order valence-corrected chi connectivity index (χ3v) is 3.11. The van der Waals surface area contributed by atoms with E-state index in [-0.39, 0.29) is 0 Å². The lowest BCUT2D eigenvalue weighted by molar-refractivity contribution is 0.631. The van der Waals surface area contributed by atoms with Crippen molar-refractivity contribution in [2.24, 2.45) is 5.92 Å². The van der Waals surface area contributed by atoms with E-state index in [2.05, 4.69) is 42.1 Å². The van der Waals surface area contributed by atoms with E-state index >= 15 is 0 Å². The molecule has 2 heterocycles. The molecular formula is C17H24N4. The topological polar surface area (TPSA) is 50.7 Å². The van der Waals surface area contributed by atoms with Gasteiger partial charge in [0.25, 0.3) is 0 Å². The predicted molar refractivity (Wildman–Crippen MR) is 86.4 cm³/mol. The second-order valence-corrected chi connectivity index (χ2v) is 5.72. The zero-order valence-electron chi connectivity index (χ0n) is 13.1. The minimum Gasteiger partial charge on any atom is -0.370 e. The third kappa shape index (κ3) is 5.14. The molecular weight excluding hydrogens is 260 g/mol. The molecule has 0 aromatic carbocycles. The van der Waals surface area contributed by atoms with Crippen LogP contribution in [0, 0.1) is 5.92 Å². The SMILES string of the molecule is CCCNc1cc(CC(C)C)nc(Cc2ccncc2)n1. The van der Waals surface area contributed by atoms with Gasteiger partial charge in [0.2, 0.25) is 0 Å². The van der Waals surface area contributed by atoms with Crippen LogP contribution in [0.4, 0.5) is 5.82 Å². The Morgan fingerprint density at radius 2 is 1.90 bits per heavy atom. The number of aromatic nitrogens is 3. The fourth-order valence-electron chi connectivity index (χ4n) is 2.18. The maximum atomic E-state index is 4.71. The van der Waals surface area contributed by atoms with Gasteiger partial charge in [-0.15, -0.1) is 0 Å². The van der Waals surface area contributed by atoms with Gasteiger partial charge in [-0.3, -0.25) is 4.98 Å². The van der Waals surface area contributed by atoms with Crippen LogP contribution in [0.1, 0.15) is 44.3 Å². The van der Waals surface area contributed by atoms with Gasteiger partial charge >= 0.3 is 0 Å². The van der Waals surface area contributed by atoms with E-state index in [9.17, 15) is 0 Å². The highest BCUT2D eigenvalue weighted by atomic mass is 15.0. The molecule has 2 aromatic heterocycles. The summed E-state index contributed by atoms with van der Waals surface area (Å²) in [7, 11) is 0. The molecule has 0 aliphatic carbocycles. The van der Waals surface area contributed by atoms with E-state index in [1.807, 2.05) is 24.5 Å². The molecule has 0 aliphatic heterocycles. The van der Waals surface area contributed by atoms with Gasteiger partial charge in [-0.2, -0.15) is 0 Å². The molecule has 0 saturated carbocycles. The van der Waals surface area contributed by atoms with Crippen molar-refractivity contribution < 1.29 is 0 Å². The molecule has 1 N–H and O–H groups in total. The van der Waals surface area contributed by atoms with E-state index < -0.39 is 0 Å². The zero-order valence-corrected chi connectivity index (χ0v) is 13.1. The van der Waals surface area contributed by atoms with Crippen LogP contribution in [-0.4, -0.2) is 21.5 Å². The molecule has 0 bridgehead atoms. The van der Waals surface area contributed by atoms with Crippen LogP contribution in [0.3, 0.4) is 0 Å². The number of rotatable bonds is 7. The van der Waals surface area contributed by atoms with Gasteiger partial charge in [0.15, 0.2) is 0 Å². The molecule has 21 heavy (non-hydrogen) atoms.